The molecule has 0 radical (unpaired) electrons. The van der Waals surface area contributed by atoms with E-state index in [1.54, 1.807) is 6.26 Å². The molecule has 0 bridgehead atoms. The molecule has 0 aliphatic heterocycles. The molecule has 2 aromatic rings. The first kappa shape index (κ1) is 15.1. The Balaban J connectivity index is 2.15. The molecule has 5 heteroatoms. The van der Waals surface area contributed by atoms with Gasteiger partial charge < -0.3 is 9.73 Å². The van der Waals surface area contributed by atoms with Gasteiger partial charge in [-0.15, -0.1) is 0 Å². The lowest BCUT2D eigenvalue weighted by molar-refractivity contribution is 0.500. The van der Waals surface area contributed by atoms with Crippen LogP contribution in [0.3, 0.4) is 0 Å². The molecular weight excluding hydrogens is 274 g/mol. The maximum absolute atomic E-state index is 11.2. The normalized spacial score (nSPS) is 13.7. The monoisotopic (exact) mass is 295 g/mol. The van der Waals surface area contributed by atoms with Crippen molar-refractivity contribution < 1.29 is 12.8 Å². The van der Waals surface area contributed by atoms with Gasteiger partial charge in [0.15, 0.2) is 0 Å². The first-order valence-electron chi connectivity index (χ1n) is 6.88. The fourth-order valence-electron chi connectivity index (χ4n) is 2.43. The Kier molecular flexibility index (Phi) is 4.83. The molecule has 0 fully saturated rings. The molecular formula is C15H21NO3S. The first-order valence-corrected chi connectivity index (χ1v) is 8.94. The predicted octanol–water partition coefficient (Wildman–Crippen LogP) is 2.91. The largest absolute Gasteiger partial charge is 0.464 e. The molecule has 1 unspecified atom stereocenters. The van der Waals surface area contributed by atoms with Crippen LogP contribution in [0.5, 0.6) is 0 Å². The van der Waals surface area contributed by atoms with Crippen molar-refractivity contribution in [3.8, 4) is 0 Å². The van der Waals surface area contributed by atoms with Crippen LogP contribution in [0.4, 0.5) is 0 Å². The molecule has 0 aliphatic rings. The number of hydrogen-bond acceptors (Lipinski definition) is 4. The average Bonchev–Trinajstić information content (AvgIpc) is 2.80. The van der Waals surface area contributed by atoms with Crippen LogP contribution in [0.2, 0.25) is 0 Å². The second-order valence-electron chi connectivity index (χ2n) is 5.07. The Hall–Kier alpha value is -1.33. The summed E-state index contributed by atoms with van der Waals surface area (Å²) in [7, 11) is -2.90. The number of para-hydroxylation sites is 1. The molecule has 0 saturated carbocycles. The second kappa shape index (κ2) is 6.41. The van der Waals surface area contributed by atoms with E-state index in [1.807, 2.05) is 31.2 Å². The van der Waals surface area contributed by atoms with Crippen molar-refractivity contribution in [1.29, 1.82) is 0 Å². The van der Waals surface area contributed by atoms with Crippen LogP contribution in [0.15, 0.2) is 34.9 Å². The highest BCUT2D eigenvalue weighted by molar-refractivity contribution is 7.90. The Morgan fingerprint density at radius 3 is 2.75 bits per heavy atom. The highest BCUT2D eigenvalue weighted by Gasteiger charge is 2.16. The SMILES string of the molecule is CCNC(CCCS(C)(=O)=O)c1coc2ccccc12. The van der Waals surface area contributed by atoms with Gasteiger partial charge in [0, 0.05) is 29.0 Å². The summed E-state index contributed by atoms with van der Waals surface area (Å²) in [6, 6.07) is 8.04. The fourth-order valence-corrected chi connectivity index (χ4v) is 3.12. The van der Waals surface area contributed by atoms with Crippen LogP contribution in [-0.4, -0.2) is 27.0 Å². The minimum absolute atomic E-state index is 0.130. The molecule has 1 heterocycles. The van der Waals surface area contributed by atoms with Gasteiger partial charge in [-0.25, -0.2) is 8.42 Å². The number of rotatable bonds is 7. The topological polar surface area (TPSA) is 59.3 Å². The average molecular weight is 295 g/mol. The second-order valence-corrected chi connectivity index (χ2v) is 7.33. The van der Waals surface area contributed by atoms with Crippen molar-refractivity contribution in [1.82, 2.24) is 5.32 Å². The number of fused-ring (bicyclic) bond motifs is 1. The van der Waals surface area contributed by atoms with Crippen molar-refractivity contribution in [2.45, 2.75) is 25.8 Å². The van der Waals surface area contributed by atoms with E-state index < -0.39 is 9.84 Å². The van der Waals surface area contributed by atoms with Crippen molar-refractivity contribution in [2.24, 2.45) is 0 Å². The number of hydrogen-bond donors (Lipinski definition) is 1. The summed E-state index contributed by atoms with van der Waals surface area (Å²) in [6.07, 6.45) is 4.49. The molecule has 0 amide bonds. The van der Waals surface area contributed by atoms with Gasteiger partial charge in [0.25, 0.3) is 0 Å². The molecule has 1 atom stereocenters. The van der Waals surface area contributed by atoms with E-state index >= 15 is 0 Å². The number of benzene rings is 1. The Morgan fingerprint density at radius 2 is 2.05 bits per heavy atom. The van der Waals surface area contributed by atoms with Crippen LogP contribution in [0.1, 0.15) is 31.4 Å². The van der Waals surface area contributed by atoms with Crippen LogP contribution in [-0.2, 0) is 9.84 Å². The van der Waals surface area contributed by atoms with Gasteiger partial charge in [-0.2, -0.15) is 0 Å². The van der Waals surface area contributed by atoms with Crippen LogP contribution < -0.4 is 5.32 Å². The highest BCUT2D eigenvalue weighted by Crippen LogP contribution is 2.28. The predicted molar refractivity (Wildman–Crippen MR) is 81.6 cm³/mol. The van der Waals surface area contributed by atoms with Crippen molar-refractivity contribution >= 4 is 20.8 Å². The summed E-state index contributed by atoms with van der Waals surface area (Å²) >= 11 is 0. The smallest absolute Gasteiger partial charge is 0.147 e. The molecule has 2 rings (SSSR count). The summed E-state index contributed by atoms with van der Waals surface area (Å²) in [5.41, 5.74) is 1.98. The fraction of sp³-hybridized carbons (Fsp3) is 0.467. The minimum atomic E-state index is -2.90. The zero-order valence-electron chi connectivity index (χ0n) is 11.9. The third-order valence-corrected chi connectivity index (χ3v) is 4.38. The molecule has 1 aromatic heterocycles. The van der Waals surface area contributed by atoms with E-state index in [0.717, 1.165) is 29.5 Å². The lowest BCUT2D eigenvalue weighted by Crippen LogP contribution is -2.21. The van der Waals surface area contributed by atoms with Crippen LogP contribution in [0.25, 0.3) is 11.0 Å². The van der Waals surface area contributed by atoms with Gasteiger partial charge in [-0.05, 0) is 25.5 Å². The summed E-state index contributed by atoms with van der Waals surface area (Å²) in [4.78, 5) is 0. The molecule has 20 heavy (non-hydrogen) atoms. The zero-order chi connectivity index (χ0) is 14.6. The maximum atomic E-state index is 11.2. The van der Waals surface area contributed by atoms with Gasteiger partial charge in [0.05, 0.1) is 6.26 Å². The van der Waals surface area contributed by atoms with Gasteiger partial charge in [0.2, 0.25) is 0 Å². The minimum Gasteiger partial charge on any atom is -0.464 e. The van der Waals surface area contributed by atoms with Gasteiger partial charge in [-0.1, -0.05) is 25.1 Å². The van der Waals surface area contributed by atoms with Crippen molar-refractivity contribution in [3.05, 3.63) is 36.1 Å². The number of sulfone groups is 1. The van der Waals surface area contributed by atoms with E-state index in [0.29, 0.717) is 6.42 Å². The van der Waals surface area contributed by atoms with Gasteiger partial charge in [0.1, 0.15) is 15.4 Å². The van der Waals surface area contributed by atoms with Crippen molar-refractivity contribution in [3.63, 3.8) is 0 Å². The Morgan fingerprint density at radius 1 is 1.30 bits per heavy atom. The van der Waals surface area contributed by atoms with Crippen molar-refractivity contribution in [2.75, 3.05) is 18.6 Å². The molecule has 0 aliphatic carbocycles. The lowest BCUT2D eigenvalue weighted by Gasteiger charge is -2.16. The number of furan rings is 1. The van der Waals surface area contributed by atoms with E-state index in [4.69, 9.17) is 4.42 Å². The molecule has 4 nitrogen and oxygen atoms in total. The van der Waals surface area contributed by atoms with E-state index in [1.165, 1.54) is 6.26 Å². The summed E-state index contributed by atoms with van der Waals surface area (Å²) in [5, 5.41) is 4.50. The standard InChI is InChI=1S/C15H21NO3S/c1-3-16-14(8-6-10-20(2,17)18)13-11-19-15-9-5-4-7-12(13)15/h4-5,7,9,11,14,16H,3,6,8,10H2,1-2H3. The molecule has 1 N–H and O–H groups in total. The highest BCUT2D eigenvalue weighted by atomic mass is 32.2. The molecule has 0 spiro atoms. The molecule has 0 saturated heterocycles. The van der Waals surface area contributed by atoms with Crippen LogP contribution >= 0.6 is 0 Å². The first-order chi connectivity index (χ1) is 9.51. The number of nitrogens with one attached hydrogen (secondary N) is 1. The zero-order valence-corrected chi connectivity index (χ0v) is 12.7. The molecule has 110 valence electrons. The van der Waals surface area contributed by atoms with E-state index in [-0.39, 0.29) is 11.8 Å². The quantitative estimate of drug-likeness (QED) is 0.853. The molecule has 1 aromatic carbocycles. The lowest BCUT2D eigenvalue weighted by atomic mass is 10.0. The summed E-state index contributed by atoms with van der Waals surface area (Å²) in [5.74, 6) is 0.227. The van der Waals surface area contributed by atoms with Gasteiger partial charge in [-0.3, -0.25) is 0 Å². The van der Waals surface area contributed by atoms with E-state index in [9.17, 15) is 8.42 Å². The third-order valence-electron chi connectivity index (χ3n) is 3.34. The van der Waals surface area contributed by atoms with Gasteiger partial charge >= 0.3 is 0 Å². The summed E-state index contributed by atoms with van der Waals surface area (Å²) in [6.45, 7) is 2.88. The maximum Gasteiger partial charge on any atom is 0.147 e. The third kappa shape index (κ3) is 3.84. The van der Waals surface area contributed by atoms with E-state index in [2.05, 4.69) is 5.32 Å². The summed E-state index contributed by atoms with van der Waals surface area (Å²) < 4.78 is 28.0. The Labute approximate surface area is 120 Å². The van der Waals surface area contributed by atoms with Crippen LogP contribution in [0, 0.1) is 0 Å². The Bertz CT molecular complexity index is 661.